The fourth-order valence-electron chi connectivity index (χ4n) is 5.59. The van der Waals surface area contributed by atoms with Crippen molar-refractivity contribution in [1.82, 2.24) is 25.9 Å². The largest absolute Gasteiger partial charge is 0.358 e. The Morgan fingerprint density at radius 2 is 1.79 bits per heavy atom. The van der Waals surface area contributed by atoms with E-state index in [1.807, 2.05) is 37.3 Å². The average molecular weight is 590 g/mol. The summed E-state index contributed by atoms with van der Waals surface area (Å²) in [6.07, 6.45) is 6.09. The summed E-state index contributed by atoms with van der Waals surface area (Å²) < 4.78 is 5.67. The second-order valence-corrected chi connectivity index (χ2v) is 12.4. The first-order valence-corrected chi connectivity index (χ1v) is 14.9. The number of thiazole rings is 1. The lowest BCUT2D eigenvalue weighted by molar-refractivity contribution is -0.134. The third kappa shape index (κ3) is 6.74. The van der Waals surface area contributed by atoms with Gasteiger partial charge in [-0.2, -0.15) is 0 Å². The predicted molar refractivity (Wildman–Crippen MR) is 157 cm³/mol. The number of carbonyl (C=O) groups is 4. The number of ether oxygens (including phenoxy) is 1. The minimum Gasteiger partial charge on any atom is -0.358 e. The van der Waals surface area contributed by atoms with E-state index < -0.39 is 41.4 Å². The van der Waals surface area contributed by atoms with Gasteiger partial charge in [-0.3, -0.25) is 24.2 Å². The van der Waals surface area contributed by atoms with Crippen molar-refractivity contribution in [2.75, 3.05) is 0 Å². The van der Waals surface area contributed by atoms with Gasteiger partial charge in [-0.05, 0) is 62.3 Å². The molecule has 11 heteroatoms. The molecule has 6 atom stereocenters. The number of Topliss-reactive ketones (excluding diaryl/α,β-unsaturated/α-hetero) is 1. The zero-order chi connectivity index (χ0) is 29.9. The van der Waals surface area contributed by atoms with E-state index in [0.717, 1.165) is 16.1 Å². The highest BCUT2D eigenvalue weighted by Crippen LogP contribution is 2.48. The lowest BCUT2D eigenvalue weighted by atomic mass is 9.79. The van der Waals surface area contributed by atoms with Gasteiger partial charge in [0.2, 0.25) is 11.8 Å². The van der Waals surface area contributed by atoms with Crippen LogP contribution in [0.2, 0.25) is 0 Å². The molecule has 2 aliphatic rings. The van der Waals surface area contributed by atoms with Crippen LogP contribution in [-0.2, 0) is 32.0 Å². The van der Waals surface area contributed by atoms with Crippen LogP contribution in [0.25, 0.3) is 0 Å². The number of amides is 3. The zero-order valence-corrected chi connectivity index (χ0v) is 24.6. The first kappa shape index (κ1) is 29.5. The van der Waals surface area contributed by atoms with Crippen LogP contribution >= 0.6 is 11.3 Å². The van der Waals surface area contributed by atoms with Crippen molar-refractivity contribution in [1.29, 1.82) is 0 Å². The Hall–Kier alpha value is -3.96. The summed E-state index contributed by atoms with van der Waals surface area (Å²) in [4.78, 5) is 62.1. The molecule has 1 aliphatic heterocycles. The Labute approximate surface area is 248 Å². The van der Waals surface area contributed by atoms with Crippen LogP contribution in [0.4, 0.5) is 0 Å². The molecule has 3 amide bonds. The van der Waals surface area contributed by atoms with E-state index >= 15 is 0 Å². The number of epoxide rings is 1. The molecule has 2 aromatic heterocycles. The second-order valence-electron chi connectivity index (χ2n) is 11.2. The lowest BCUT2D eigenvalue weighted by Gasteiger charge is -2.29. The van der Waals surface area contributed by atoms with E-state index in [1.165, 1.54) is 17.5 Å². The van der Waals surface area contributed by atoms with Gasteiger partial charge in [-0.15, -0.1) is 11.3 Å². The number of rotatable bonds is 11. The highest BCUT2D eigenvalue weighted by Gasteiger charge is 2.65. The standard InChI is InChI=1S/C31H35N5O5S/c1-18-15-23(26(37)31(3)27(18)41-31)35-29(39)24(16-21-11-13-32-14-12-21)36-28(38)22(10-9-20-7-5-4-6-8-20)34-30(40)25-17-33-19(2)42-25/h4-8,11-14,17-18,22-24,27H,9-10,15-16H2,1-3H3,(H,34,40)(H,35,39)(H,36,38)/t18?,22-,23-,24-,27?,31-/m0/s1. The van der Waals surface area contributed by atoms with Gasteiger partial charge in [-0.25, -0.2) is 4.98 Å². The van der Waals surface area contributed by atoms with Gasteiger partial charge >= 0.3 is 0 Å². The van der Waals surface area contributed by atoms with Gasteiger partial charge in [0.25, 0.3) is 5.91 Å². The van der Waals surface area contributed by atoms with E-state index in [-0.39, 0.29) is 24.2 Å². The summed E-state index contributed by atoms with van der Waals surface area (Å²) >= 11 is 1.24. The molecule has 3 aromatic rings. The number of ketones is 1. The van der Waals surface area contributed by atoms with Crippen molar-refractivity contribution in [3.05, 3.63) is 82.1 Å². The molecule has 0 radical (unpaired) electrons. The van der Waals surface area contributed by atoms with E-state index in [4.69, 9.17) is 4.74 Å². The molecule has 1 aromatic carbocycles. The van der Waals surface area contributed by atoms with Crippen molar-refractivity contribution in [2.24, 2.45) is 5.92 Å². The first-order valence-electron chi connectivity index (χ1n) is 14.1. The molecule has 2 unspecified atom stereocenters. The number of hydrogen-bond acceptors (Lipinski definition) is 8. The number of nitrogens with one attached hydrogen (secondary N) is 3. The number of nitrogens with zero attached hydrogens (tertiary/aromatic N) is 2. The smallest absolute Gasteiger partial charge is 0.263 e. The van der Waals surface area contributed by atoms with Gasteiger partial charge in [0.15, 0.2) is 11.4 Å². The zero-order valence-electron chi connectivity index (χ0n) is 23.8. The van der Waals surface area contributed by atoms with Crippen LogP contribution < -0.4 is 16.0 Å². The van der Waals surface area contributed by atoms with Crippen molar-refractivity contribution in [3.63, 3.8) is 0 Å². The minimum absolute atomic E-state index is 0.110. The molecule has 10 nitrogen and oxygen atoms in total. The van der Waals surface area contributed by atoms with Crippen LogP contribution in [0.5, 0.6) is 0 Å². The molecule has 1 saturated heterocycles. The molecule has 0 spiro atoms. The summed E-state index contributed by atoms with van der Waals surface area (Å²) in [6.45, 7) is 5.56. The molecular formula is C31H35N5O5S. The number of hydrogen-bond donors (Lipinski definition) is 3. The molecule has 5 rings (SSSR count). The molecule has 42 heavy (non-hydrogen) atoms. The summed E-state index contributed by atoms with van der Waals surface area (Å²) in [7, 11) is 0. The number of pyridine rings is 1. The third-order valence-corrected chi connectivity index (χ3v) is 8.87. The Kier molecular flexibility index (Phi) is 8.79. The molecule has 2 fully saturated rings. The quantitative estimate of drug-likeness (QED) is 0.292. The lowest BCUT2D eigenvalue weighted by Crippen LogP contribution is -2.58. The monoisotopic (exact) mass is 589 g/mol. The number of aryl methyl sites for hydroxylation is 2. The third-order valence-electron chi connectivity index (χ3n) is 7.96. The van der Waals surface area contributed by atoms with Crippen LogP contribution in [0.15, 0.2) is 61.1 Å². The summed E-state index contributed by atoms with van der Waals surface area (Å²) in [6, 6.07) is 10.6. The highest BCUT2D eigenvalue weighted by molar-refractivity contribution is 7.13. The van der Waals surface area contributed by atoms with E-state index in [2.05, 4.69) is 25.9 Å². The van der Waals surface area contributed by atoms with Gasteiger partial charge in [-0.1, -0.05) is 37.3 Å². The van der Waals surface area contributed by atoms with Crippen molar-refractivity contribution < 1.29 is 23.9 Å². The van der Waals surface area contributed by atoms with Crippen LogP contribution in [0.3, 0.4) is 0 Å². The van der Waals surface area contributed by atoms with E-state index in [0.29, 0.717) is 24.1 Å². The first-order chi connectivity index (χ1) is 20.1. The summed E-state index contributed by atoms with van der Waals surface area (Å²) in [5.41, 5.74) is 0.931. The average Bonchev–Trinajstić information content (AvgIpc) is 3.52. The van der Waals surface area contributed by atoms with E-state index in [1.54, 1.807) is 38.4 Å². The molecule has 1 aliphatic carbocycles. The number of benzene rings is 1. The Balaban J connectivity index is 1.33. The number of fused-ring (bicyclic) bond motifs is 1. The second kappa shape index (κ2) is 12.5. The fourth-order valence-corrected chi connectivity index (χ4v) is 6.27. The van der Waals surface area contributed by atoms with E-state index in [9.17, 15) is 19.2 Å². The molecule has 3 heterocycles. The fraction of sp³-hybridized carbons (Fsp3) is 0.419. The van der Waals surface area contributed by atoms with Crippen molar-refractivity contribution in [3.8, 4) is 0 Å². The van der Waals surface area contributed by atoms with Crippen LogP contribution in [0.1, 0.15) is 52.5 Å². The maximum Gasteiger partial charge on any atom is 0.263 e. The van der Waals surface area contributed by atoms with Gasteiger partial charge in [0.05, 0.1) is 23.4 Å². The van der Waals surface area contributed by atoms with Gasteiger partial charge in [0.1, 0.15) is 17.0 Å². The van der Waals surface area contributed by atoms with Gasteiger partial charge < -0.3 is 20.7 Å². The maximum absolute atomic E-state index is 13.7. The maximum atomic E-state index is 13.7. The predicted octanol–water partition coefficient (Wildman–Crippen LogP) is 2.56. The molecule has 220 valence electrons. The van der Waals surface area contributed by atoms with Crippen LogP contribution in [0, 0.1) is 12.8 Å². The van der Waals surface area contributed by atoms with Crippen molar-refractivity contribution >= 4 is 34.8 Å². The summed E-state index contributed by atoms with van der Waals surface area (Å²) in [5.74, 6) is -1.41. The highest BCUT2D eigenvalue weighted by atomic mass is 32.1. The molecule has 3 N–H and O–H groups in total. The Bertz CT molecular complexity index is 1450. The summed E-state index contributed by atoms with van der Waals surface area (Å²) in [5, 5.41) is 9.33. The normalized spacial score (nSPS) is 24.2. The molecule has 0 bridgehead atoms. The SMILES string of the molecule is Cc1ncc(C(=O)N[C@@H](CCc2ccccc2)C(=O)N[C@@H](Cc2ccncc2)C(=O)N[C@H]2CC(C)C3O[C@@]3(C)C2=O)s1. The minimum atomic E-state index is -0.990. The van der Waals surface area contributed by atoms with Crippen molar-refractivity contribution in [2.45, 2.75) is 76.3 Å². The van der Waals surface area contributed by atoms with Gasteiger partial charge in [0, 0.05) is 18.8 Å². The number of carbonyl (C=O) groups excluding carboxylic acids is 4. The topological polar surface area (TPSA) is 143 Å². The molecular weight excluding hydrogens is 554 g/mol. The Morgan fingerprint density at radius 3 is 2.48 bits per heavy atom. The van der Waals surface area contributed by atoms with Crippen LogP contribution in [-0.4, -0.2) is 63.3 Å². The molecule has 1 saturated carbocycles. The Morgan fingerprint density at radius 1 is 1.05 bits per heavy atom. The number of aromatic nitrogens is 2.